The summed E-state index contributed by atoms with van der Waals surface area (Å²) in [5.41, 5.74) is 2.78. The van der Waals surface area contributed by atoms with Crippen LogP contribution in [0.2, 0.25) is 10.0 Å². The summed E-state index contributed by atoms with van der Waals surface area (Å²) in [5, 5.41) is 0.872. The van der Waals surface area contributed by atoms with E-state index in [1.54, 1.807) is 35.8 Å². The first-order valence-corrected chi connectivity index (χ1v) is 14.4. The number of thiazole rings is 1. The molecule has 0 bridgehead atoms. The van der Waals surface area contributed by atoms with Gasteiger partial charge >= 0.3 is 5.97 Å². The number of nitrogens with zero attached hydrogens (tertiary/aromatic N) is 2. The van der Waals surface area contributed by atoms with E-state index in [0.717, 1.165) is 16.7 Å². The second-order valence-electron chi connectivity index (χ2n) is 9.17. The Hall–Kier alpha value is -4.17. The van der Waals surface area contributed by atoms with E-state index < -0.39 is 12.0 Å². The fourth-order valence-electron chi connectivity index (χ4n) is 4.76. The molecular weight excluding hydrogens is 579 g/mol. The van der Waals surface area contributed by atoms with Crippen molar-refractivity contribution < 1.29 is 13.9 Å². The van der Waals surface area contributed by atoms with Crippen molar-refractivity contribution in [2.45, 2.75) is 13.0 Å². The highest BCUT2D eigenvalue weighted by Crippen LogP contribution is 2.35. The lowest BCUT2D eigenvalue weighted by atomic mass is 9.93. The van der Waals surface area contributed by atoms with Crippen LogP contribution in [-0.4, -0.2) is 17.1 Å². The van der Waals surface area contributed by atoms with E-state index in [9.17, 15) is 9.59 Å². The average molecular weight is 602 g/mol. The lowest BCUT2D eigenvalue weighted by Crippen LogP contribution is -2.39. The van der Waals surface area contributed by atoms with E-state index in [0.29, 0.717) is 42.2 Å². The van der Waals surface area contributed by atoms with E-state index in [1.807, 2.05) is 72.8 Å². The van der Waals surface area contributed by atoms with Gasteiger partial charge in [-0.2, -0.15) is 0 Å². The summed E-state index contributed by atoms with van der Waals surface area (Å²) < 4.78 is 13.5. The molecular formula is C32H22Cl2N2O4S. The molecule has 0 N–H and O–H groups in total. The maximum Gasteiger partial charge on any atom is 0.338 e. The molecule has 0 saturated heterocycles. The number of ether oxygens (including phenoxy) is 1. The van der Waals surface area contributed by atoms with E-state index >= 15 is 0 Å². The van der Waals surface area contributed by atoms with Gasteiger partial charge in [-0.15, -0.1) is 0 Å². The van der Waals surface area contributed by atoms with E-state index in [4.69, 9.17) is 37.3 Å². The number of benzene rings is 3. The maximum atomic E-state index is 14.0. The van der Waals surface area contributed by atoms with Gasteiger partial charge < -0.3 is 9.15 Å². The van der Waals surface area contributed by atoms with Crippen LogP contribution in [0.15, 0.2) is 111 Å². The minimum Gasteiger partial charge on any atom is -0.463 e. The first-order valence-electron chi connectivity index (χ1n) is 12.8. The van der Waals surface area contributed by atoms with Crippen molar-refractivity contribution in [2.75, 3.05) is 6.61 Å². The average Bonchev–Trinajstić information content (AvgIpc) is 3.59. The lowest BCUT2D eigenvalue weighted by molar-refractivity contribution is -0.138. The standard InChI is InChI=1S/C32H22Cl2N2O4S/c1-2-39-31(38)27-28(19-9-5-3-6-10-19)35-32-36(29(27)20-11-7-4-8-12-20)30(37)26(41-32)18-22-14-16-25(40-22)21-13-15-23(33)24(34)17-21/h3-18,29H,2H2,1H3/b26-18-/t29-/m1/s1. The van der Waals surface area contributed by atoms with E-state index in [1.165, 1.54) is 11.3 Å². The molecule has 0 unspecified atom stereocenters. The summed E-state index contributed by atoms with van der Waals surface area (Å²) in [6.07, 6.45) is 1.68. The maximum absolute atomic E-state index is 14.0. The van der Waals surface area contributed by atoms with Gasteiger partial charge in [-0.3, -0.25) is 9.36 Å². The SMILES string of the molecule is CCOC(=O)C1=C(c2ccccc2)N=c2s/c(=C\c3ccc(-c4ccc(Cl)c(Cl)c4)o3)c(=O)n2[C@@H]1c1ccccc1. The van der Waals surface area contributed by atoms with Gasteiger partial charge in [0, 0.05) is 17.2 Å². The van der Waals surface area contributed by atoms with Crippen LogP contribution < -0.4 is 14.9 Å². The van der Waals surface area contributed by atoms with Gasteiger partial charge in [0.15, 0.2) is 4.80 Å². The summed E-state index contributed by atoms with van der Waals surface area (Å²) in [7, 11) is 0. The number of halogens is 2. The molecule has 0 saturated carbocycles. The monoisotopic (exact) mass is 600 g/mol. The van der Waals surface area contributed by atoms with Gasteiger partial charge in [-0.25, -0.2) is 9.79 Å². The zero-order chi connectivity index (χ0) is 28.5. The Labute approximate surface area is 249 Å². The summed E-state index contributed by atoms with van der Waals surface area (Å²) in [5.74, 6) is 0.553. The summed E-state index contributed by atoms with van der Waals surface area (Å²) in [6.45, 7) is 1.94. The van der Waals surface area contributed by atoms with Gasteiger partial charge in [-0.1, -0.05) is 95.2 Å². The van der Waals surface area contributed by atoms with Gasteiger partial charge in [0.1, 0.15) is 11.5 Å². The second kappa shape index (κ2) is 11.4. The van der Waals surface area contributed by atoms with Crippen molar-refractivity contribution in [3.8, 4) is 11.3 Å². The Bertz CT molecular complexity index is 1980. The Morgan fingerprint density at radius 2 is 1.71 bits per heavy atom. The van der Waals surface area contributed by atoms with Crippen LogP contribution in [0.25, 0.3) is 23.1 Å². The van der Waals surface area contributed by atoms with Gasteiger partial charge in [-0.05, 0) is 42.8 Å². The smallest absolute Gasteiger partial charge is 0.338 e. The predicted molar refractivity (Wildman–Crippen MR) is 162 cm³/mol. The third-order valence-electron chi connectivity index (χ3n) is 6.59. The molecule has 3 aromatic carbocycles. The molecule has 0 spiro atoms. The fraction of sp³-hybridized carbons (Fsp3) is 0.0938. The molecule has 5 aromatic rings. The summed E-state index contributed by atoms with van der Waals surface area (Å²) in [6, 6.07) is 27.0. The normalized spacial score (nSPS) is 15.0. The highest BCUT2D eigenvalue weighted by molar-refractivity contribution is 7.07. The van der Waals surface area contributed by atoms with Crippen molar-refractivity contribution in [2.24, 2.45) is 4.99 Å². The molecule has 1 atom stereocenters. The van der Waals surface area contributed by atoms with Crippen LogP contribution in [0.4, 0.5) is 0 Å². The topological polar surface area (TPSA) is 73.8 Å². The van der Waals surface area contributed by atoms with Crippen molar-refractivity contribution in [3.63, 3.8) is 0 Å². The molecule has 1 aliphatic rings. The van der Waals surface area contributed by atoms with Crippen molar-refractivity contribution >= 4 is 52.3 Å². The molecule has 9 heteroatoms. The van der Waals surface area contributed by atoms with E-state index in [2.05, 4.69) is 0 Å². The van der Waals surface area contributed by atoms with Crippen LogP contribution in [-0.2, 0) is 9.53 Å². The number of furan rings is 1. The quantitative estimate of drug-likeness (QED) is 0.208. The number of hydrogen-bond acceptors (Lipinski definition) is 6. The molecule has 0 aliphatic carbocycles. The molecule has 6 nitrogen and oxygen atoms in total. The molecule has 0 amide bonds. The first-order chi connectivity index (χ1) is 19.9. The van der Waals surface area contributed by atoms with Crippen molar-refractivity contribution in [1.29, 1.82) is 0 Å². The van der Waals surface area contributed by atoms with E-state index in [-0.39, 0.29) is 12.2 Å². The minimum atomic E-state index is -0.729. The number of hydrogen-bond donors (Lipinski definition) is 0. The Morgan fingerprint density at radius 3 is 2.41 bits per heavy atom. The molecule has 6 rings (SSSR count). The second-order valence-corrected chi connectivity index (χ2v) is 11.0. The zero-order valence-electron chi connectivity index (χ0n) is 21.7. The fourth-order valence-corrected chi connectivity index (χ4v) is 6.03. The van der Waals surface area contributed by atoms with Crippen LogP contribution in [0, 0.1) is 0 Å². The number of rotatable bonds is 6. The molecule has 3 heterocycles. The molecule has 41 heavy (non-hydrogen) atoms. The minimum absolute atomic E-state index is 0.190. The number of esters is 1. The summed E-state index contributed by atoms with van der Waals surface area (Å²) >= 11 is 13.5. The molecule has 0 fully saturated rings. The largest absolute Gasteiger partial charge is 0.463 e. The van der Waals surface area contributed by atoms with Crippen LogP contribution >= 0.6 is 34.5 Å². The van der Waals surface area contributed by atoms with Gasteiger partial charge in [0.25, 0.3) is 5.56 Å². The number of carbonyl (C=O) groups is 1. The Morgan fingerprint density at radius 1 is 0.976 bits per heavy atom. The third-order valence-corrected chi connectivity index (χ3v) is 8.32. The third kappa shape index (κ3) is 5.20. The zero-order valence-corrected chi connectivity index (χ0v) is 24.0. The van der Waals surface area contributed by atoms with Crippen LogP contribution in [0.1, 0.15) is 29.9 Å². The number of fused-ring (bicyclic) bond motifs is 1. The van der Waals surface area contributed by atoms with Crippen LogP contribution in [0.3, 0.4) is 0 Å². The molecule has 1 aliphatic heterocycles. The summed E-state index contributed by atoms with van der Waals surface area (Å²) in [4.78, 5) is 32.8. The number of aromatic nitrogens is 1. The first kappa shape index (κ1) is 27.0. The Kier molecular flexibility index (Phi) is 7.49. The molecule has 204 valence electrons. The highest BCUT2D eigenvalue weighted by Gasteiger charge is 2.35. The van der Waals surface area contributed by atoms with Crippen molar-refractivity contribution in [1.82, 2.24) is 4.57 Å². The van der Waals surface area contributed by atoms with Crippen LogP contribution in [0.5, 0.6) is 0 Å². The molecule has 0 radical (unpaired) electrons. The van der Waals surface area contributed by atoms with Gasteiger partial charge in [0.2, 0.25) is 0 Å². The van der Waals surface area contributed by atoms with Crippen molar-refractivity contribution in [3.05, 3.63) is 143 Å². The highest BCUT2D eigenvalue weighted by atomic mass is 35.5. The number of carbonyl (C=O) groups excluding carboxylic acids is 1. The molecule has 2 aromatic heterocycles. The lowest BCUT2D eigenvalue weighted by Gasteiger charge is -2.25. The predicted octanol–water partition coefficient (Wildman–Crippen LogP) is 6.50. The Balaban J connectivity index is 1.54. The van der Waals surface area contributed by atoms with Gasteiger partial charge in [0.05, 0.1) is 38.5 Å².